The lowest BCUT2D eigenvalue weighted by molar-refractivity contribution is 0.252. The number of hydrogen-bond donors (Lipinski definition) is 4. The van der Waals surface area contributed by atoms with Crippen molar-refractivity contribution in [1.82, 2.24) is 0 Å². The van der Waals surface area contributed by atoms with Crippen molar-refractivity contribution in [2.24, 2.45) is 0 Å². The van der Waals surface area contributed by atoms with E-state index in [9.17, 15) is 16.8 Å². The minimum Gasteiger partial charge on any atom is -0.375 e. The Kier molecular flexibility index (Phi) is 6.45. The zero-order valence-corrected chi connectivity index (χ0v) is 9.03. The molecule has 0 aromatic rings. The topological polar surface area (TPSA) is 149 Å². The quantitative estimate of drug-likeness (QED) is 0.430. The molecule has 88 valence electrons. The van der Waals surface area contributed by atoms with Crippen molar-refractivity contribution >= 4 is 20.2 Å². The molecule has 0 heterocycles. The monoisotopic (exact) mass is 252 g/mol. The van der Waals surface area contributed by atoms with Gasteiger partial charge in [0.2, 0.25) is 0 Å². The van der Waals surface area contributed by atoms with E-state index in [0.717, 1.165) is 13.8 Å². The molecule has 0 aliphatic rings. The Labute approximate surface area is 81.7 Å². The van der Waals surface area contributed by atoms with Crippen molar-refractivity contribution in [3.63, 3.8) is 0 Å². The molecule has 0 rings (SSSR count). The average Bonchev–Trinajstić information content (AvgIpc) is 1.83. The van der Waals surface area contributed by atoms with Crippen molar-refractivity contribution in [2.45, 2.75) is 24.7 Å². The van der Waals surface area contributed by atoms with Gasteiger partial charge in [-0.1, -0.05) is 0 Å². The lowest BCUT2D eigenvalue weighted by atomic mass is 10.9. The largest absolute Gasteiger partial charge is 0.375 e. The summed E-state index contributed by atoms with van der Waals surface area (Å²) >= 11 is 0. The van der Waals surface area contributed by atoms with Crippen LogP contribution in [0.15, 0.2) is 0 Å². The zero-order valence-electron chi connectivity index (χ0n) is 7.39. The lowest BCUT2D eigenvalue weighted by Crippen LogP contribution is -2.14. The first-order chi connectivity index (χ1) is 5.89. The van der Waals surface area contributed by atoms with E-state index in [2.05, 4.69) is 0 Å². The van der Waals surface area contributed by atoms with Crippen LogP contribution in [0.5, 0.6) is 0 Å². The highest BCUT2D eigenvalue weighted by Gasteiger charge is 2.11. The van der Waals surface area contributed by atoms with E-state index in [-0.39, 0.29) is 0 Å². The van der Waals surface area contributed by atoms with Gasteiger partial charge in [0.1, 0.15) is 0 Å². The van der Waals surface area contributed by atoms with E-state index in [0.29, 0.717) is 0 Å². The van der Waals surface area contributed by atoms with Crippen molar-refractivity contribution in [2.75, 3.05) is 0 Å². The Morgan fingerprint density at radius 3 is 0.857 bits per heavy atom. The van der Waals surface area contributed by atoms with E-state index in [1.165, 1.54) is 0 Å². The molecule has 0 radical (unpaired) electrons. The molecule has 0 aliphatic heterocycles. The standard InChI is InChI=1S/2C2H6O4S/c2*1-2(3)7(4,5)6/h2*2-3H,1H3,(H,4,5,6). The molecule has 0 spiro atoms. The number of aliphatic hydroxyl groups is 2. The molecular weight excluding hydrogens is 240 g/mol. The third-order valence-corrected chi connectivity index (χ3v) is 2.59. The molecule has 10 heteroatoms. The Balaban J connectivity index is 0. The molecule has 0 aliphatic carbocycles. The highest BCUT2D eigenvalue weighted by molar-refractivity contribution is 7.86. The van der Waals surface area contributed by atoms with Crippen LogP contribution in [-0.4, -0.2) is 47.0 Å². The highest BCUT2D eigenvalue weighted by Crippen LogP contribution is 1.88. The second-order valence-corrected chi connectivity index (χ2v) is 5.65. The summed E-state index contributed by atoms with van der Waals surface area (Å²) in [5.74, 6) is 0. The molecule has 0 aromatic carbocycles. The van der Waals surface area contributed by atoms with Crippen molar-refractivity contribution in [3.8, 4) is 0 Å². The van der Waals surface area contributed by atoms with Gasteiger partial charge in [-0.2, -0.15) is 16.8 Å². The van der Waals surface area contributed by atoms with Gasteiger partial charge in [-0.3, -0.25) is 9.11 Å². The maximum absolute atomic E-state index is 9.64. The molecule has 0 bridgehead atoms. The van der Waals surface area contributed by atoms with E-state index in [4.69, 9.17) is 19.3 Å². The third kappa shape index (κ3) is 9.83. The second-order valence-electron chi connectivity index (χ2n) is 2.23. The minimum atomic E-state index is -4.19. The van der Waals surface area contributed by atoms with Gasteiger partial charge in [-0.15, -0.1) is 0 Å². The fourth-order valence-corrected chi connectivity index (χ4v) is 0. The highest BCUT2D eigenvalue weighted by atomic mass is 32.2. The van der Waals surface area contributed by atoms with Crippen LogP contribution in [0.2, 0.25) is 0 Å². The van der Waals surface area contributed by atoms with Gasteiger partial charge >= 0.3 is 0 Å². The average molecular weight is 252 g/mol. The minimum absolute atomic E-state index is 0.968. The van der Waals surface area contributed by atoms with Crippen LogP contribution in [0.4, 0.5) is 0 Å². The number of rotatable bonds is 2. The van der Waals surface area contributed by atoms with Gasteiger partial charge < -0.3 is 10.2 Å². The second kappa shape index (κ2) is 5.58. The Morgan fingerprint density at radius 1 is 0.786 bits per heavy atom. The van der Waals surface area contributed by atoms with Crippen LogP contribution in [0.3, 0.4) is 0 Å². The summed E-state index contributed by atoms with van der Waals surface area (Å²) in [5.41, 5.74) is -3.35. The first kappa shape index (κ1) is 16.2. The third-order valence-electron chi connectivity index (χ3n) is 0.862. The van der Waals surface area contributed by atoms with E-state index >= 15 is 0 Å². The predicted octanol–water partition coefficient (Wildman–Crippen LogP) is -1.57. The van der Waals surface area contributed by atoms with Crippen LogP contribution in [0, 0.1) is 0 Å². The summed E-state index contributed by atoms with van der Waals surface area (Å²) in [7, 11) is -8.37. The van der Waals surface area contributed by atoms with Gasteiger partial charge in [-0.25, -0.2) is 0 Å². The molecule has 0 aromatic heterocycles. The smallest absolute Gasteiger partial charge is 0.291 e. The molecular formula is C4H12O8S2. The van der Waals surface area contributed by atoms with Crippen molar-refractivity contribution in [3.05, 3.63) is 0 Å². The first-order valence-corrected chi connectivity index (χ1v) is 6.18. The fraction of sp³-hybridized carbons (Fsp3) is 1.00. The fourth-order valence-electron chi connectivity index (χ4n) is 0. The van der Waals surface area contributed by atoms with Gasteiger partial charge in [0, 0.05) is 0 Å². The predicted molar refractivity (Wildman–Crippen MR) is 46.5 cm³/mol. The summed E-state index contributed by atoms with van der Waals surface area (Å²) in [6.07, 6.45) is 0. The first-order valence-electron chi connectivity index (χ1n) is 3.17. The van der Waals surface area contributed by atoms with Crippen LogP contribution in [0.1, 0.15) is 13.8 Å². The normalized spacial score (nSPS) is 16.4. The number of hydrogen-bond acceptors (Lipinski definition) is 6. The summed E-state index contributed by atoms with van der Waals surface area (Å²) in [6.45, 7) is 1.94. The number of aliphatic hydroxyl groups excluding tert-OH is 2. The molecule has 0 saturated carbocycles. The summed E-state index contributed by atoms with van der Waals surface area (Å²) in [6, 6.07) is 0. The SMILES string of the molecule is CC(O)S(=O)(=O)O.CC(O)S(=O)(=O)O. The van der Waals surface area contributed by atoms with Gasteiger partial charge in [0.25, 0.3) is 20.2 Å². The van der Waals surface area contributed by atoms with E-state index in [1.54, 1.807) is 0 Å². The molecule has 0 saturated heterocycles. The molecule has 4 N–H and O–H groups in total. The Bertz CT molecular complexity index is 300. The van der Waals surface area contributed by atoms with E-state index in [1.807, 2.05) is 0 Å². The summed E-state index contributed by atoms with van der Waals surface area (Å²) in [5, 5.41) is 16.1. The van der Waals surface area contributed by atoms with Crippen LogP contribution in [-0.2, 0) is 20.2 Å². The van der Waals surface area contributed by atoms with Gasteiger partial charge in [0.05, 0.1) is 0 Å². The Morgan fingerprint density at radius 2 is 0.857 bits per heavy atom. The van der Waals surface area contributed by atoms with Gasteiger partial charge in [0.15, 0.2) is 10.9 Å². The molecule has 8 nitrogen and oxygen atoms in total. The Hall–Kier alpha value is -0.260. The van der Waals surface area contributed by atoms with Crippen LogP contribution >= 0.6 is 0 Å². The summed E-state index contributed by atoms with van der Waals surface area (Å²) < 4.78 is 54.2. The van der Waals surface area contributed by atoms with Crippen molar-refractivity contribution in [1.29, 1.82) is 0 Å². The van der Waals surface area contributed by atoms with Crippen LogP contribution in [0.25, 0.3) is 0 Å². The lowest BCUT2D eigenvalue weighted by Gasteiger charge is -1.94. The molecule has 14 heavy (non-hydrogen) atoms. The molecule has 0 amide bonds. The maximum atomic E-state index is 9.64. The maximum Gasteiger partial charge on any atom is 0.291 e. The van der Waals surface area contributed by atoms with E-state index < -0.39 is 31.1 Å². The molecule has 2 unspecified atom stereocenters. The van der Waals surface area contributed by atoms with Crippen molar-refractivity contribution < 1.29 is 36.2 Å². The summed E-state index contributed by atoms with van der Waals surface area (Å²) in [4.78, 5) is 0. The molecule has 0 fully saturated rings. The zero-order chi connectivity index (χ0) is 12.2. The van der Waals surface area contributed by atoms with Gasteiger partial charge in [-0.05, 0) is 13.8 Å². The van der Waals surface area contributed by atoms with Crippen LogP contribution < -0.4 is 0 Å². The molecule has 2 atom stereocenters.